The van der Waals surface area contributed by atoms with E-state index in [-0.39, 0.29) is 12.1 Å². The fourth-order valence-electron chi connectivity index (χ4n) is 3.05. The van der Waals surface area contributed by atoms with Crippen molar-refractivity contribution in [3.8, 4) is 0 Å². The zero-order chi connectivity index (χ0) is 15.6. The van der Waals surface area contributed by atoms with E-state index in [9.17, 15) is 4.79 Å². The molecule has 0 aromatic heterocycles. The van der Waals surface area contributed by atoms with Crippen molar-refractivity contribution >= 4 is 27.5 Å². The first-order valence-electron chi connectivity index (χ1n) is 7.94. The highest BCUT2D eigenvalue weighted by atomic mass is 16.1. The number of hydrogen-bond acceptors (Lipinski definition) is 2. The highest BCUT2D eigenvalue weighted by Gasteiger charge is 2.14. The van der Waals surface area contributed by atoms with Gasteiger partial charge in [0, 0.05) is 5.56 Å². The van der Waals surface area contributed by atoms with Gasteiger partial charge in [-0.15, -0.1) is 0 Å². The normalized spacial score (nSPS) is 17.1. The molecule has 0 spiro atoms. The molecule has 0 fully saturated rings. The predicted molar refractivity (Wildman–Crippen MR) is 94.2 cm³/mol. The fraction of sp³-hybridized carbons (Fsp3) is 0.150. The lowest BCUT2D eigenvalue weighted by atomic mass is 10.0. The predicted octanol–water partition coefficient (Wildman–Crippen LogP) is 3.95. The van der Waals surface area contributed by atoms with Gasteiger partial charge in [0.1, 0.15) is 0 Å². The molecule has 1 aliphatic rings. The quantitative estimate of drug-likeness (QED) is 0.704. The maximum Gasteiger partial charge on any atom is 0.252 e. The van der Waals surface area contributed by atoms with Gasteiger partial charge in [0.25, 0.3) is 5.91 Å². The molecule has 114 valence electrons. The van der Waals surface area contributed by atoms with E-state index in [1.54, 1.807) is 0 Å². The largest absolute Gasteiger partial charge is 0.372 e. The second-order valence-corrected chi connectivity index (χ2v) is 5.93. The molecule has 3 heteroatoms. The van der Waals surface area contributed by atoms with Crippen molar-refractivity contribution in [2.24, 2.45) is 0 Å². The Hall–Kier alpha value is -2.81. The summed E-state index contributed by atoms with van der Waals surface area (Å²) >= 11 is 0. The number of allylic oxidation sites excluding steroid dienone is 1. The molecular formula is C20H18N2O. The summed E-state index contributed by atoms with van der Waals surface area (Å²) in [6.45, 7) is 0. The Morgan fingerprint density at radius 2 is 1.70 bits per heavy atom. The van der Waals surface area contributed by atoms with E-state index >= 15 is 0 Å². The van der Waals surface area contributed by atoms with Gasteiger partial charge in [-0.25, -0.2) is 0 Å². The van der Waals surface area contributed by atoms with Crippen molar-refractivity contribution in [1.29, 1.82) is 0 Å². The van der Waals surface area contributed by atoms with E-state index in [1.165, 1.54) is 10.8 Å². The van der Waals surface area contributed by atoms with Gasteiger partial charge in [-0.05, 0) is 64.9 Å². The van der Waals surface area contributed by atoms with Gasteiger partial charge in [-0.2, -0.15) is 0 Å². The maximum atomic E-state index is 12.4. The number of carbonyl (C=O) groups excluding carboxylic acids is 1. The molecule has 2 N–H and O–H groups in total. The summed E-state index contributed by atoms with van der Waals surface area (Å²) in [5.74, 6) is -0.0344. The summed E-state index contributed by atoms with van der Waals surface area (Å²) in [5, 5.41) is 10.9. The number of rotatable bonds is 2. The van der Waals surface area contributed by atoms with Gasteiger partial charge in [0.15, 0.2) is 0 Å². The first-order chi connectivity index (χ1) is 11.3. The third-order valence-corrected chi connectivity index (χ3v) is 4.31. The summed E-state index contributed by atoms with van der Waals surface area (Å²) < 4.78 is 0. The Kier molecular flexibility index (Phi) is 3.46. The van der Waals surface area contributed by atoms with E-state index in [0.29, 0.717) is 5.56 Å². The Balaban J connectivity index is 1.66. The molecule has 0 radical (unpaired) electrons. The smallest absolute Gasteiger partial charge is 0.252 e. The van der Waals surface area contributed by atoms with Crippen molar-refractivity contribution in [2.75, 3.05) is 0 Å². The topological polar surface area (TPSA) is 41.1 Å². The van der Waals surface area contributed by atoms with Crippen LogP contribution < -0.4 is 10.6 Å². The number of nitrogens with one attached hydrogen (secondary N) is 2. The molecular weight excluding hydrogens is 284 g/mol. The van der Waals surface area contributed by atoms with Crippen LogP contribution in [0.25, 0.3) is 21.5 Å². The molecule has 1 unspecified atom stereocenters. The SMILES string of the molecule is O=C(NC1CCC=CN1)c1ccc2cc3ccccc3cc2c1. The van der Waals surface area contributed by atoms with Crippen molar-refractivity contribution in [3.63, 3.8) is 0 Å². The summed E-state index contributed by atoms with van der Waals surface area (Å²) in [4.78, 5) is 12.4. The van der Waals surface area contributed by atoms with E-state index in [0.717, 1.165) is 23.6 Å². The van der Waals surface area contributed by atoms with Crippen LogP contribution in [0.15, 0.2) is 66.9 Å². The summed E-state index contributed by atoms with van der Waals surface area (Å²) in [7, 11) is 0. The molecule has 23 heavy (non-hydrogen) atoms. The van der Waals surface area contributed by atoms with E-state index in [4.69, 9.17) is 0 Å². The molecule has 1 atom stereocenters. The summed E-state index contributed by atoms with van der Waals surface area (Å²) in [6, 6.07) is 18.5. The minimum atomic E-state index is -0.0344. The van der Waals surface area contributed by atoms with Crippen LogP contribution in [0, 0.1) is 0 Å². The van der Waals surface area contributed by atoms with Crippen molar-refractivity contribution < 1.29 is 4.79 Å². The van der Waals surface area contributed by atoms with Crippen LogP contribution >= 0.6 is 0 Å². The van der Waals surface area contributed by atoms with Crippen LogP contribution in [-0.4, -0.2) is 12.1 Å². The zero-order valence-corrected chi connectivity index (χ0v) is 12.8. The third-order valence-electron chi connectivity index (χ3n) is 4.31. The number of carbonyl (C=O) groups is 1. The lowest BCUT2D eigenvalue weighted by molar-refractivity contribution is 0.0929. The molecule has 1 aliphatic heterocycles. The van der Waals surface area contributed by atoms with Gasteiger partial charge in [0.05, 0.1) is 6.17 Å². The fourth-order valence-corrected chi connectivity index (χ4v) is 3.05. The second kappa shape index (κ2) is 5.76. The van der Waals surface area contributed by atoms with Crippen LogP contribution in [-0.2, 0) is 0 Å². The molecule has 3 aromatic rings. The minimum absolute atomic E-state index is 0.0137. The van der Waals surface area contributed by atoms with E-state index < -0.39 is 0 Å². The highest BCUT2D eigenvalue weighted by molar-refractivity contribution is 6.03. The van der Waals surface area contributed by atoms with Crippen LogP contribution in [0.1, 0.15) is 23.2 Å². The molecule has 0 bridgehead atoms. The Bertz CT molecular complexity index is 914. The molecule has 3 aromatic carbocycles. The molecule has 0 saturated heterocycles. The number of amides is 1. The first kappa shape index (κ1) is 13.8. The second-order valence-electron chi connectivity index (χ2n) is 5.93. The lowest BCUT2D eigenvalue weighted by Gasteiger charge is -2.21. The molecule has 0 aliphatic carbocycles. The van der Waals surface area contributed by atoms with Gasteiger partial charge in [-0.3, -0.25) is 4.79 Å². The van der Waals surface area contributed by atoms with Crippen LogP contribution in [0.2, 0.25) is 0 Å². The summed E-state index contributed by atoms with van der Waals surface area (Å²) in [5.41, 5.74) is 0.698. The molecule has 1 amide bonds. The van der Waals surface area contributed by atoms with Crippen molar-refractivity contribution in [2.45, 2.75) is 19.0 Å². The van der Waals surface area contributed by atoms with Crippen molar-refractivity contribution in [1.82, 2.24) is 10.6 Å². The molecule has 3 nitrogen and oxygen atoms in total. The van der Waals surface area contributed by atoms with Crippen LogP contribution in [0.3, 0.4) is 0 Å². The Labute approximate surface area is 135 Å². The number of fused-ring (bicyclic) bond motifs is 2. The molecule has 1 heterocycles. The van der Waals surface area contributed by atoms with Gasteiger partial charge >= 0.3 is 0 Å². The number of benzene rings is 3. The monoisotopic (exact) mass is 302 g/mol. The molecule has 4 rings (SSSR count). The van der Waals surface area contributed by atoms with Gasteiger partial charge in [-0.1, -0.05) is 36.4 Å². The Morgan fingerprint density at radius 1 is 0.957 bits per heavy atom. The van der Waals surface area contributed by atoms with Crippen molar-refractivity contribution in [3.05, 3.63) is 72.4 Å². The van der Waals surface area contributed by atoms with Gasteiger partial charge in [0.2, 0.25) is 0 Å². The number of hydrogen-bond donors (Lipinski definition) is 2. The highest BCUT2D eigenvalue weighted by Crippen LogP contribution is 2.23. The van der Waals surface area contributed by atoms with Crippen LogP contribution in [0.4, 0.5) is 0 Å². The zero-order valence-electron chi connectivity index (χ0n) is 12.8. The average Bonchev–Trinajstić information content (AvgIpc) is 2.60. The average molecular weight is 302 g/mol. The molecule has 0 saturated carbocycles. The standard InChI is InChI=1S/C20H18N2O/c23-20(22-19-7-3-4-10-21-19)17-9-8-16-11-14-5-1-2-6-15(14)12-18(16)13-17/h1-2,4-6,8-13,19,21H,3,7H2,(H,22,23). The first-order valence-corrected chi connectivity index (χ1v) is 7.94. The van der Waals surface area contributed by atoms with E-state index in [1.807, 2.05) is 36.5 Å². The van der Waals surface area contributed by atoms with Crippen LogP contribution in [0.5, 0.6) is 0 Å². The third kappa shape index (κ3) is 2.78. The van der Waals surface area contributed by atoms with Gasteiger partial charge < -0.3 is 10.6 Å². The maximum absolute atomic E-state index is 12.4. The van der Waals surface area contributed by atoms with E-state index in [2.05, 4.69) is 41.0 Å². The Morgan fingerprint density at radius 3 is 2.43 bits per heavy atom. The summed E-state index contributed by atoms with van der Waals surface area (Å²) in [6.07, 6.45) is 5.90. The lowest BCUT2D eigenvalue weighted by Crippen LogP contribution is -2.44. The minimum Gasteiger partial charge on any atom is -0.372 e.